The number of para-hydroxylation sites is 1. The van der Waals surface area contributed by atoms with Crippen molar-refractivity contribution in [3.63, 3.8) is 0 Å². The summed E-state index contributed by atoms with van der Waals surface area (Å²) in [6.45, 7) is 4.59. The molecule has 0 spiro atoms. The van der Waals surface area contributed by atoms with Crippen molar-refractivity contribution in [2.45, 2.75) is 26.8 Å². The minimum Gasteiger partial charge on any atom is -0.495 e. The Morgan fingerprint density at radius 2 is 2.21 bits per heavy atom. The second kappa shape index (κ2) is 5.34. The number of aryl methyl sites for hydroxylation is 1. The average Bonchev–Trinajstić information content (AvgIpc) is 2.75. The van der Waals surface area contributed by atoms with Crippen molar-refractivity contribution in [3.8, 4) is 5.75 Å². The van der Waals surface area contributed by atoms with Gasteiger partial charge in [-0.2, -0.15) is 0 Å². The number of carboxylic acids is 1. The van der Waals surface area contributed by atoms with Gasteiger partial charge in [-0.1, -0.05) is 19.1 Å². The Balaban J connectivity index is 2.53. The number of aliphatic carboxylic acids is 1. The summed E-state index contributed by atoms with van der Waals surface area (Å²) in [5, 5.41) is 10.1. The fourth-order valence-corrected chi connectivity index (χ4v) is 2.44. The van der Waals surface area contributed by atoms with Gasteiger partial charge in [-0.05, 0) is 19.1 Å². The number of nitrogens with zero attached hydrogens (tertiary/aromatic N) is 1. The molecule has 0 saturated heterocycles. The lowest BCUT2D eigenvalue weighted by Gasteiger charge is -2.12. The number of rotatable bonds is 5. The minimum absolute atomic E-state index is 0.388. The maximum absolute atomic E-state index is 11.0. The van der Waals surface area contributed by atoms with E-state index in [2.05, 4.69) is 17.6 Å². The van der Waals surface area contributed by atoms with Crippen LogP contribution >= 0.6 is 0 Å². The highest BCUT2D eigenvalue weighted by Crippen LogP contribution is 2.29. The van der Waals surface area contributed by atoms with Crippen LogP contribution < -0.4 is 4.74 Å². The third kappa shape index (κ3) is 2.43. The summed E-state index contributed by atoms with van der Waals surface area (Å²) in [5.41, 5.74) is 2.08. The number of hydrogen-bond donors (Lipinski definition) is 1. The maximum atomic E-state index is 11.0. The fourth-order valence-electron chi connectivity index (χ4n) is 2.44. The third-order valence-electron chi connectivity index (χ3n) is 3.44. The Morgan fingerprint density at radius 1 is 1.47 bits per heavy atom. The molecule has 1 aromatic carbocycles. The van der Waals surface area contributed by atoms with E-state index in [9.17, 15) is 4.79 Å². The Hall–Kier alpha value is -1.97. The number of carbonyl (C=O) groups is 1. The molecule has 1 unspecified atom stereocenters. The Bertz CT molecular complexity index is 601. The minimum atomic E-state index is -0.764. The Morgan fingerprint density at radius 3 is 2.79 bits per heavy atom. The van der Waals surface area contributed by atoms with Crippen molar-refractivity contribution < 1.29 is 14.6 Å². The second-order valence-corrected chi connectivity index (χ2v) is 4.72. The molecule has 0 radical (unpaired) electrons. The van der Waals surface area contributed by atoms with Gasteiger partial charge in [0.05, 0.1) is 18.5 Å². The molecule has 1 aromatic heterocycles. The summed E-state index contributed by atoms with van der Waals surface area (Å²) >= 11 is 0. The monoisotopic (exact) mass is 261 g/mol. The highest BCUT2D eigenvalue weighted by Gasteiger charge is 2.17. The van der Waals surface area contributed by atoms with Crippen molar-refractivity contribution in [2.24, 2.45) is 5.92 Å². The van der Waals surface area contributed by atoms with Gasteiger partial charge in [0, 0.05) is 24.0 Å². The predicted octanol–water partition coefficient (Wildman–Crippen LogP) is 2.93. The van der Waals surface area contributed by atoms with E-state index < -0.39 is 5.97 Å². The zero-order valence-corrected chi connectivity index (χ0v) is 11.5. The normalized spacial score (nSPS) is 12.6. The summed E-state index contributed by atoms with van der Waals surface area (Å²) in [4.78, 5) is 11.0. The number of carboxylic acid groups (broad SMARTS) is 1. The standard InChI is InChI=1S/C15H19NO3/c1-4-16-12(8-10(2)15(17)18)9-11-6-5-7-13(19-3)14(11)16/h5-7,9-10H,4,8H2,1-3H3,(H,17,18). The van der Waals surface area contributed by atoms with E-state index in [0.29, 0.717) is 6.42 Å². The summed E-state index contributed by atoms with van der Waals surface area (Å²) in [6.07, 6.45) is 0.529. The predicted molar refractivity (Wildman–Crippen MR) is 74.7 cm³/mol. The SMILES string of the molecule is CCn1c(CC(C)C(=O)O)cc2cccc(OC)c21. The number of hydrogen-bond acceptors (Lipinski definition) is 2. The number of ether oxygens (including phenoxy) is 1. The largest absolute Gasteiger partial charge is 0.495 e. The van der Waals surface area contributed by atoms with Crippen LogP contribution in [0.3, 0.4) is 0 Å². The lowest BCUT2D eigenvalue weighted by atomic mass is 10.1. The average molecular weight is 261 g/mol. The van der Waals surface area contributed by atoms with Crippen molar-refractivity contribution >= 4 is 16.9 Å². The van der Waals surface area contributed by atoms with Gasteiger partial charge in [0.1, 0.15) is 5.75 Å². The fraction of sp³-hybridized carbons (Fsp3) is 0.400. The van der Waals surface area contributed by atoms with Crippen LogP contribution in [0.5, 0.6) is 5.75 Å². The molecular weight excluding hydrogens is 242 g/mol. The first kappa shape index (κ1) is 13.5. The molecule has 1 heterocycles. The third-order valence-corrected chi connectivity index (χ3v) is 3.44. The van der Waals surface area contributed by atoms with E-state index in [-0.39, 0.29) is 5.92 Å². The zero-order valence-electron chi connectivity index (χ0n) is 11.5. The van der Waals surface area contributed by atoms with Crippen LogP contribution in [-0.2, 0) is 17.8 Å². The van der Waals surface area contributed by atoms with Crippen LogP contribution in [0.1, 0.15) is 19.5 Å². The molecule has 4 nitrogen and oxygen atoms in total. The molecule has 0 bridgehead atoms. The molecule has 0 fully saturated rings. The van der Waals surface area contributed by atoms with E-state index in [1.54, 1.807) is 14.0 Å². The van der Waals surface area contributed by atoms with Crippen LogP contribution in [0, 0.1) is 5.92 Å². The first-order chi connectivity index (χ1) is 9.08. The molecule has 1 N–H and O–H groups in total. The summed E-state index contributed by atoms with van der Waals surface area (Å²) in [7, 11) is 1.65. The maximum Gasteiger partial charge on any atom is 0.306 e. The number of methoxy groups -OCH3 is 1. The van der Waals surface area contributed by atoms with Gasteiger partial charge in [-0.15, -0.1) is 0 Å². The highest BCUT2D eigenvalue weighted by atomic mass is 16.5. The number of benzene rings is 1. The molecule has 4 heteroatoms. The van der Waals surface area contributed by atoms with Crippen LogP contribution in [0.4, 0.5) is 0 Å². The van der Waals surface area contributed by atoms with Crippen LogP contribution in [-0.4, -0.2) is 22.8 Å². The molecule has 2 aromatic rings. The van der Waals surface area contributed by atoms with Gasteiger partial charge in [-0.3, -0.25) is 4.79 Å². The molecule has 2 rings (SSSR count). The lowest BCUT2D eigenvalue weighted by Crippen LogP contribution is -2.14. The van der Waals surface area contributed by atoms with E-state index in [1.807, 2.05) is 18.2 Å². The highest BCUT2D eigenvalue weighted by molar-refractivity contribution is 5.87. The summed E-state index contributed by atoms with van der Waals surface area (Å²) in [5.74, 6) is -0.325. The van der Waals surface area contributed by atoms with Gasteiger partial charge in [0.2, 0.25) is 0 Å². The van der Waals surface area contributed by atoms with Gasteiger partial charge in [-0.25, -0.2) is 0 Å². The second-order valence-electron chi connectivity index (χ2n) is 4.72. The smallest absolute Gasteiger partial charge is 0.306 e. The Labute approximate surface area is 112 Å². The molecular formula is C15H19NO3. The summed E-state index contributed by atoms with van der Waals surface area (Å²) < 4.78 is 7.53. The topological polar surface area (TPSA) is 51.5 Å². The van der Waals surface area contributed by atoms with Crippen molar-refractivity contribution in [1.82, 2.24) is 4.57 Å². The van der Waals surface area contributed by atoms with E-state index in [0.717, 1.165) is 28.9 Å². The van der Waals surface area contributed by atoms with E-state index in [4.69, 9.17) is 9.84 Å². The van der Waals surface area contributed by atoms with Gasteiger partial charge >= 0.3 is 5.97 Å². The molecule has 0 amide bonds. The zero-order chi connectivity index (χ0) is 14.0. The molecule has 0 aliphatic carbocycles. The van der Waals surface area contributed by atoms with Crippen LogP contribution in [0.15, 0.2) is 24.3 Å². The first-order valence-corrected chi connectivity index (χ1v) is 6.46. The van der Waals surface area contributed by atoms with Gasteiger partial charge in [0.25, 0.3) is 0 Å². The molecule has 0 aliphatic heterocycles. The summed E-state index contributed by atoms with van der Waals surface area (Å²) in [6, 6.07) is 7.96. The van der Waals surface area contributed by atoms with Crippen molar-refractivity contribution in [3.05, 3.63) is 30.0 Å². The molecule has 102 valence electrons. The van der Waals surface area contributed by atoms with Crippen LogP contribution in [0.2, 0.25) is 0 Å². The molecule has 1 atom stereocenters. The molecule has 0 saturated carbocycles. The van der Waals surface area contributed by atoms with E-state index >= 15 is 0 Å². The number of aromatic nitrogens is 1. The molecule has 19 heavy (non-hydrogen) atoms. The molecule has 0 aliphatic rings. The number of fused-ring (bicyclic) bond motifs is 1. The quantitative estimate of drug-likeness (QED) is 0.900. The van der Waals surface area contributed by atoms with Gasteiger partial charge < -0.3 is 14.4 Å². The lowest BCUT2D eigenvalue weighted by molar-refractivity contribution is -0.141. The van der Waals surface area contributed by atoms with Crippen molar-refractivity contribution in [2.75, 3.05) is 7.11 Å². The first-order valence-electron chi connectivity index (χ1n) is 6.46. The van der Waals surface area contributed by atoms with Crippen LogP contribution in [0.25, 0.3) is 10.9 Å². The van der Waals surface area contributed by atoms with Gasteiger partial charge in [0.15, 0.2) is 0 Å². The van der Waals surface area contributed by atoms with Crippen molar-refractivity contribution in [1.29, 1.82) is 0 Å². The van der Waals surface area contributed by atoms with E-state index in [1.165, 1.54) is 0 Å². The Kier molecular flexibility index (Phi) is 3.79.